The van der Waals surface area contributed by atoms with Gasteiger partial charge in [-0.3, -0.25) is 9.79 Å². The Bertz CT molecular complexity index is 1240. The smallest absolute Gasteiger partial charge is 0.289 e. The van der Waals surface area contributed by atoms with Crippen LogP contribution in [0.3, 0.4) is 0 Å². The predicted molar refractivity (Wildman–Crippen MR) is 127 cm³/mol. The minimum atomic E-state index is -0.586. The van der Waals surface area contributed by atoms with Gasteiger partial charge in [0.1, 0.15) is 11.4 Å². The molecule has 1 spiro atoms. The molecule has 2 aliphatic rings. The molecule has 33 heavy (non-hydrogen) atoms. The monoisotopic (exact) mass is 445 g/mol. The van der Waals surface area contributed by atoms with Crippen molar-refractivity contribution in [2.75, 3.05) is 26.7 Å². The van der Waals surface area contributed by atoms with Crippen molar-refractivity contribution in [2.45, 2.75) is 25.4 Å². The van der Waals surface area contributed by atoms with Gasteiger partial charge >= 0.3 is 0 Å². The first-order chi connectivity index (χ1) is 16.1. The van der Waals surface area contributed by atoms with Crippen molar-refractivity contribution < 1.29 is 18.7 Å². The van der Waals surface area contributed by atoms with Crippen LogP contribution in [0.5, 0.6) is 11.5 Å². The van der Waals surface area contributed by atoms with Gasteiger partial charge in [-0.25, -0.2) is 0 Å². The van der Waals surface area contributed by atoms with Gasteiger partial charge in [0, 0.05) is 50.1 Å². The van der Waals surface area contributed by atoms with E-state index < -0.39 is 5.60 Å². The van der Waals surface area contributed by atoms with Crippen LogP contribution < -0.4 is 9.47 Å². The molecule has 1 atom stereocenters. The molecule has 1 saturated heterocycles. The second kappa shape index (κ2) is 8.39. The van der Waals surface area contributed by atoms with E-state index in [4.69, 9.17) is 19.3 Å². The first-order valence-corrected chi connectivity index (χ1v) is 11.3. The molecule has 0 bridgehead atoms. The van der Waals surface area contributed by atoms with Gasteiger partial charge in [-0.05, 0) is 31.2 Å². The third kappa shape index (κ3) is 3.48. The van der Waals surface area contributed by atoms with Gasteiger partial charge < -0.3 is 24.2 Å². The number of carbonyl (C=O) groups excluding carboxylic acids is 1. The molecular formula is C26H27N3O4. The topological polar surface area (TPSA) is 88.1 Å². The number of hydrogen-bond donors (Lipinski definition) is 1. The fourth-order valence-electron chi connectivity index (χ4n) is 5.02. The molecule has 5 rings (SSSR count). The average molecular weight is 446 g/mol. The molecular weight excluding hydrogens is 418 g/mol. The minimum Gasteiger partial charge on any atom is -0.490 e. The zero-order valence-electron chi connectivity index (χ0n) is 18.8. The first-order valence-electron chi connectivity index (χ1n) is 11.3. The highest BCUT2D eigenvalue weighted by molar-refractivity contribution is 6.12. The third-order valence-electron chi connectivity index (χ3n) is 6.66. The molecule has 0 saturated carbocycles. The summed E-state index contributed by atoms with van der Waals surface area (Å²) in [4.78, 5) is 19.6. The number of carbonyl (C=O) groups is 1. The van der Waals surface area contributed by atoms with E-state index >= 15 is 0 Å². The van der Waals surface area contributed by atoms with E-state index in [1.807, 2.05) is 49.4 Å². The summed E-state index contributed by atoms with van der Waals surface area (Å²) in [5.74, 6) is 1.34. The van der Waals surface area contributed by atoms with Crippen molar-refractivity contribution in [2.24, 2.45) is 10.9 Å². The van der Waals surface area contributed by atoms with E-state index in [2.05, 4.69) is 4.99 Å². The lowest BCUT2D eigenvalue weighted by molar-refractivity contribution is -0.00931. The van der Waals surface area contributed by atoms with Gasteiger partial charge in [0.05, 0.1) is 18.2 Å². The number of nitrogens with one attached hydrogen (secondary N) is 1. The van der Waals surface area contributed by atoms with Crippen molar-refractivity contribution >= 4 is 28.8 Å². The number of piperidine rings is 1. The van der Waals surface area contributed by atoms with Gasteiger partial charge in [0.25, 0.3) is 5.91 Å². The zero-order chi connectivity index (χ0) is 23.0. The Balaban J connectivity index is 1.39. The number of hydrogen-bond acceptors (Lipinski definition) is 6. The highest BCUT2D eigenvalue weighted by Crippen LogP contribution is 2.43. The SMILES string of the molecule is CCOc1cccc2cc(C(=O)N3CCC4(CC3)Oc3ccccc3C(=NC)C4C=N)oc12. The van der Waals surface area contributed by atoms with Gasteiger partial charge in [-0.1, -0.05) is 24.3 Å². The highest BCUT2D eigenvalue weighted by Gasteiger charge is 2.49. The number of fused-ring (bicyclic) bond motifs is 2. The summed E-state index contributed by atoms with van der Waals surface area (Å²) in [6.45, 7) is 3.46. The molecule has 170 valence electrons. The Morgan fingerprint density at radius 2 is 2.03 bits per heavy atom. The molecule has 1 fully saturated rings. The lowest BCUT2D eigenvalue weighted by Crippen LogP contribution is -2.58. The van der Waals surface area contributed by atoms with Crippen molar-refractivity contribution in [1.82, 2.24) is 4.90 Å². The van der Waals surface area contributed by atoms with Crippen molar-refractivity contribution in [3.05, 3.63) is 59.9 Å². The molecule has 7 nitrogen and oxygen atoms in total. The van der Waals surface area contributed by atoms with Crippen molar-refractivity contribution in [3.8, 4) is 11.5 Å². The van der Waals surface area contributed by atoms with Crippen LogP contribution >= 0.6 is 0 Å². The zero-order valence-corrected chi connectivity index (χ0v) is 18.8. The largest absolute Gasteiger partial charge is 0.490 e. The van der Waals surface area contributed by atoms with Crippen LogP contribution in [-0.2, 0) is 0 Å². The summed E-state index contributed by atoms with van der Waals surface area (Å²) < 4.78 is 18.1. The summed E-state index contributed by atoms with van der Waals surface area (Å²) in [5.41, 5.74) is 1.81. The molecule has 1 unspecified atom stereocenters. The second-order valence-corrected chi connectivity index (χ2v) is 8.43. The van der Waals surface area contributed by atoms with Crippen LogP contribution in [0.25, 0.3) is 11.0 Å². The van der Waals surface area contributed by atoms with Crippen LogP contribution in [0.4, 0.5) is 0 Å². The number of rotatable bonds is 4. The maximum absolute atomic E-state index is 13.3. The number of ether oxygens (including phenoxy) is 2. The Labute approximate surface area is 192 Å². The Hall–Kier alpha value is -3.61. The molecule has 0 aliphatic carbocycles. The maximum atomic E-state index is 13.3. The summed E-state index contributed by atoms with van der Waals surface area (Å²) in [7, 11) is 1.76. The number of likely N-dealkylation sites (tertiary alicyclic amines) is 1. The first kappa shape index (κ1) is 21.2. The maximum Gasteiger partial charge on any atom is 0.289 e. The van der Waals surface area contributed by atoms with Gasteiger partial charge in [-0.15, -0.1) is 0 Å². The predicted octanol–water partition coefficient (Wildman–Crippen LogP) is 4.58. The van der Waals surface area contributed by atoms with Crippen LogP contribution in [0.1, 0.15) is 35.9 Å². The number of furan rings is 1. The second-order valence-electron chi connectivity index (χ2n) is 8.43. The molecule has 1 N–H and O–H groups in total. The molecule has 3 heterocycles. The van der Waals surface area contributed by atoms with E-state index in [1.165, 1.54) is 6.21 Å². The minimum absolute atomic E-state index is 0.143. The van der Waals surface area contributed by atoms with E-state index in [9.17, 15) is 4.79 Å². The summed E-state index contributed by atoms with van der Waals surface area (Å²) in [6.07, 6.45) is 2.65. The average Bonchev–Trinajstić information content (AvgIpc) is 3.29. The number of amides is 1. The molecule has 3 aromatic rings. The fraction of sp³-hybridized carbons (Fsp3) is 0.346. The van der Waals surface area contributed by atoms with Crippen LogP contribution in [0.2, 0.25) is 0 Å². The molecule has 1 aromatic heterocycles. The Morgan fingerprint density at radius 1 is 1.24 bits per heavy atom. The summed E-state index contributed by atoms with van der Waals surface area (Å²) >= 11 is 0. The van der Waals surface area contributed by atoms with Crippen molar-refractivity contribution in [3.63, 3.8) is 0 Å². The van der Waals surface area contributed by atoms with Gasteiger partial charge in [0.15, 0.2) is 17.1 Å². The molecule has 2 aromatic carbocycles. The van der Waals surface area contributed by atoms with Crippen molar-refractivity contribution in [1.29, 1.82) is 5.41 Å². The molecule has 7 heteroatoms. The number of benzene rings is 2. The normalized spacial score (nSPS) is 20.5. The molecule has 1 amide bonds. The number of para-hydroxylation sites is 2. The Morgan fingerprint density at radius 3 is 2.76 bits per heavy atom. The summed E-state index contributed by atoms with van der Waals surface area (Å²) in [6, 6.07) is 15.3. The standard InChI is InChI=1S/C26H27N3O4/c1-3-31-21-10-6-7-17-15-22(32-24(17)21)25(30)29-13-11-26(12-14-29)19(16-27)23(28-2)18-8-4-5-9-20(18)33-26/h4-10,15-16,19,27H,3,11-14H2,1-2H3. The highest BCUT2D eigenvalue weighted by atomic mass is 16.5. The number of aliphatic imine (C=N–C) groups is 1. The lowest BCUT2D eigenvalue weighted by Gasteiger charge is -2.48. The van der Waals surface area contributed by atoms with E-state index in [0.717, 1.165) is 22.4 Å². The molecule has 2 aliphatic heterocycles. The lowest BCUT2D eigenvalue weighted by atomic mass is 9.73. The van der Waals surface area contributed by atoms with Crippen LogP contribution in [0, 0.1) is 11.3 Å². The quantitative estimate of drug-likeness (QED) is 0.595. The van der Waals surface area contributed by atoms with E-state index in [-0.39, 0.29) is 11.8 Å². The molecule has 0 radical (unpaired) electrons. The Kier molecular flexibility index (Phi) is 5.40. The third-order valence-corrected chi connectivity index (χ3v) is 6.66. The number of nitrogens with zero attached hydrogens (tertiary/aromatic N) is 2. The van der Waals surface area contributed by atoms with E-state index in [1.54, 1.807) is 18.0 Å². The van der Waals surface area contributed by atoms with Crippen LogP contribution in [0.15, 0.2) is 57.9 Å². The summed E-state index contributed by atoms with van der Waals surface area (Å²) in [5, 5.41) is 8.97. The van der Waals surface area contributed by atoms with Crippen LogP contribution in [-0.4, -0.2) is 55.1 Å². The van der Waals surface area contributed by atoms with Gasteiger partial charge in [0.2, 0.25) is 0 Å². The van der Waals surface area contributed by atoms with Gasteiger partial charge in [-0.2, -0.15) is 0 Å². The van der Waals surface area contributed by atoms with E-state index in [0.29, 0.717) is 49.6 Å². The fourth-order valence-corrected chi connectivity index (χ4v) is 5.02.